The lowest BCUT2D eigenvalue weighted by Gasteiger charge is -2.29. The van der Waals surface area contributed by atoms with Crippen molar-refractivity contribution in [2.45, 2.75) is 32.2 Å². The Labute approximate surface area is 208 Å². The number of benzene rings is 3. The average Bonchev–Trinajstić information content (AvgIpc) is 2.83. The number of alkyl halides is 3. The summed E-state index contributed by atoms with van der Waals surface area (Å²) < 4.78 is 111. The van der Waals surface area contributed by atoms with E-state index < -0.39 is 69.1 Å². The summed E-state index contributed by atoms with van der Waals surface area (Å²) in [6, 6.07) is 6.75. The van der Waals surface area contributed by atoms with E-state index in [2.05, 4.69) is 0 Å². The highest BCUT2D eigenvalue weighted by Crippen LogP contribution is 2.41. The number of rotatable bonds is 5. The van der Waals surface area contributed by atoms with Gasteiger partial charge in [-0.15, -0.1) is 0 Å². The van der Waals surface area contributed by atoms with Crippen molar-refractivity contribution in [3.05, 3.63) is 82.4 Å². The summed E-state index contributed by atoms with van der Waals surface area (Å²) >= 11 is 0. The molecule has 37 heavy (non-hydrogen) atoms. The summed E-state index contributed by atoms with van der Waals surface area (Å²) in [6.07, 6.45) is -4.25. The van der Waals surface area contributed by atoms with Crippen LogP contribution in [0, 0.1) is 40.5 Å². The van der Waals surface area contributed by atoms with Crippen LogP contribution in [0.15, 0.2) is 42.5 Å². The van der Waals surface area contributed by atoms with Gasteiger partial charge < -0.3 is 9.47 Å². The van der Waals surface area contributed by atoms with Crippen molar-refractivity contribution in [3.63, 3.8) is 0 Å². The van der Waals surface area contributed by atoms with Gasteiger partial charge in [-0.1, -0.05) is 25.5 Å². The average molecular weight is 523 g/mol. The van der Waals surface area contributed by atoms with Crippen LogP contribution in [0.1, 0.15) is 42.7 Å². The summed E-state index contributed by atoms with van der Waals surface area (Å²) in [5, 5.41) is 8.80. The molecule has 194 valence electrons. The first-order chi connectivity index (χ1) is 17.5. The lowest BCUT2D eigenvalue weighted by molar-refractivity contribution is -0.206. The predicted octanol–water partition coefficient (Wildman–Crippen LogP) is 7.93. The Morgan fingerprint density at radius 2 is 1.46 bits per heavy atom. The highest BCUT2D eigenvalue weighted by atomic mass is 19.4. The first-order valence-corrected chi connectivity index (χ1v) is 11.4. The molecular weight excluding hydrogens is 503 g/mol. The number of ether oxygens (including phenoxy) is 2. The van der Waals surface area contributed by atoms with Crippen LogP contribution in [0.2, 0.25) is 0 Å². The molecular formula is C27H20F7NO2. The summed E-state index contributed by atoms with van der Waals surface area (Å²) in [4.78, 5) is 0. The lowest BCUT2D eigenvalue weighted by Crippen LogP contribution is -2.27. The minimum Gasteiger partial charge on any atom is -0.348 e. The number of nitrogens with zero attached hydrogens (tertiary/aromatic N) is 1. The Bertz CT molecular complexity index is 1310. The van der Waals surface area contributed by atoms with Crippen LogP contribution >= 0.6 is 0 Å². The molecule has 0 radical (unpaired) electrons. The third kappa shape index (κ3) is 5.48. The molecule has 1 aliphatic rings. The van der Waals surface area contributed by atoms with Crippen LogP contribution in [-0.4, -0.2) is 13.2 Å². The van der Waals surface area contributed by atoms with Gasteiger partial charge in [0.15, 0.2) is 6.29 Å². The van der Waals surface area contributed by atoms with Crippen molar-refractivity contribution < 1.29 is 40.2 Å². The van der Waals surface area contributed by atoms with Gasteiger partial charge in [0.1, 0.15) is 34.9 Å². The zero-order valence-electron chi connectivity index (χ0n) is 19.4. The summed E-state index contributed by atoms with van der Waals surface area (Å²) in [6.45, 7) is 2.69. The molecule has 0 bridgehead atoms. The largest absolute Gasteiger partial charge is 0.417 e. The molecule has 3 aromatic carbocycles. The van der Waals surface area contributed by atoms with Gasteiger partial charge in [-0.2, -0.15) is 18.4 Å². The van der Waals surface area contributed by atoms with Crippen molar-refractivity contribution in [1.29, 1.82) is 5.26 Å². The SMILES string of the molecule is CCCC1COC(c2cc(F)c(-c3ccc(-c4cc(F)c(C#N)c(F)c4)c(C(F)(F)F)c3)c(F)c2)OC1. The Kier molecular flexibility index (Phi) is 7.57. The van der Waals surface area contributed by atoms with Gasteiger partial charge in [0.05, 0.1) is 24.3 Å². The van der Waals surface area contributed by atoms with E-state index in [0.29, 0.717) is 31.4 Å². The van der Waals surface area contributed by atoms with Crippen LogP contribution in [-0.2, 0) is 15.7 Å². The van der Waals surface area contributed by atoms with Gasteiger partial charge >= 0.3 is 6.18 Å². The molecule has 0 spiro atoms. The van der Waals surface area contributed by atoms with Gasteiger partial charge in [-0.3, -0.25) is 0 Å². The van der Waals surface area contributed by atoms with Crippen LogP contribution in [0.3, 0.4) is 0 Å². The maximum absolute atomic E-state index is 15.0. The summed E-state index contributed by atoms with van der Waals surface area (Å²) in [5.41, 5.74) is -4.51. The molecule has 1 fully saturated rings. The van der Waals surface area contributed by atoms with Crippen molar-refractivity contribution in [2.24, 2.45) is 5.92 Å². The van der Waals surface area contributed by atoms with E-state index in [9.17, 15) is 22.0 Å². The molecule has 10 heteroatoms. The second kappa shape index (κ2) is 10.5. The first kappa shape index (κ1) is 26.6. The number of nitriles is 1. The fourth-order valence-corrected chi connectivity index (χ4v) is 4.34. The van der Waals surface area contributed by atoms with E-state index in [1.807, 2.05) is 6.92 Å². The van der Waals surface area contributed by atoms with Crippen LogP contribution in [0.25, 0.3) is 22.3 Å². The first-order valence-electron chi connectivity index (χ1n) is 11.4. The van der Waals surface area contributed by atoms with Gasteiger partial charge in [0.2, 0.25) is 0 Å². The molecule has 0 aliphatic carbocycles. The maximum Gasteiger partial charge on any atom is 0.417 e. The van der Waals surface area contributed by atoms with Gasteiger partial charge in [-0.25, -0.2) is 17.6 Å². The number of hydrogen-bond acceptors (Lipinski definition) is 3. The molecule has 0 atom stereocenters. The Morgan fingerprint density at radius 3 is 1.97 bits per heavy atom. The van der Waals surface area contributed by atoms with Crippen molar-refractivity contribution in [1.82, 2.24) is 0 Å². The quantitative estimate of drug-likeness (QED) is 0.319. The van der Waals surface area contributed by atoms with Crippen LogP contribution in [0.4, 0.5) is 30.7 Å². The molecule has 0 unspecified atom stereocenters. The van der Waals surface area contributed by atoms with Crippen molar-refractivity contribution in [3.8, 4) is 28.3 Å². The fraction of sp³-hybridized carbons (Fsp3) is 0.296. The Hall–Kier alpha value is -3.42. The van der Waals surface area contributed by atoms with E-state index in [4.69, 9.17) is 14.7 Å². The predicted molar refractivity (Wildman–Crippen MR) is 120 cm³/mol. The normalized spacial score (nSPS) is 18.0. The Balaban J connectivity index is 1.73. The highest BCUT2D eigenvalue weighted by Gasteiger charge is 2.35. The van der Waals surface area contributed by atoms with E-state index in [1.54, 1.807) is 0 Å². The van der Waals surface area contributed by atoms with Crippen molar-refractivity contribution >= 4 is 0 Å². The monoisotopic (exact) mass is 523 g/mol. The van der Waals surface area contributed by atoms with Crippen molar-refractivity contribution in [2.75, 3.05) is 13.2 Å². The molecule has 3 aromatic rings. The zero-order valence-corrected chi connectivity index (χ0v) is 19.4. The van der Waals surface area contributed by atoms with Gasteiger partial charge in [0.25, 0.3) is 0 Å². The minimum absolute atomic E-state index is 0.0462. The lowest BCUT2D eigenvalue weighted by atomic mass is 9.93. The second-order valence-electron chi connectivity index (χ2n) is 8.70. The molecule has 3 nitrogen and oxygen atoms in total. The molecule has 1 saturated heterocycles. The molecule has 0 N–H and O–H groups in total. The van der Waals surface area contributed by atoms with E-state index in [-0.39, 0.29) is 11.5 Å². The molecule has 0 saturated carbocycles. The van der Waals surface area contributed by atoms with E-state index >= 15 is 8.78 Å². The van der Waals surface area contributed by atoms with Gasteiger partial charge in [0, 0.05) is 11.5 Å². The second-order valence-corrected chi connectivity index (χ2v) is 8.70. The smallest absolute Gasteiger partial charge is 0.348 e. The Morgan fingerprint density at radius 1 is 0.865 bits per heavy atom. The number of hydrogen-bond donors (Lipinski definition) is 0. The van der Waals surface area contributed by atoms with E-state index in [0.717, 1.165) is 37.1 Å². The van der Waals surface area contributed by atoms with Gasteiger partial charge in [-0.05, 0) is 53.4 Å². The minimum atomic E-state index is -5.03. The molecule has 4 rings (SSSR count). The van der Waals surface area contributed by atoms with Crippen LogP contribution < -0.4 is 0 Å². The highest BCUT2D eigenvalue weighted by molar-refractivity contribution is 5.75. The molecule has 1 aliphatic heterocycles. The standard InChI is InChI=1S/C27H20F7NO2/c1-2-3-14-12-36-26(37-13-14)17-9-23(30)25(24(31)10-17)15-4-5-18(20(6-15)27(32,33)34)16-7-21(28)19(11-35)22(29)8-16/h4-10,14,26H,2-3,12-13H2,1H3. The van der Waals surface area contributed by atoms with Crippen LogP contribution in [0.5, 0.6) is 0 Å². The zero-order chi connectivity index (χ0) is 26.9. The molecule has 1 heterocycles. The summed E-state index contributed by atoms with van der Waals surface area (Å²) in [7, 11) is 0. The van der Waals surface area contributed by atoms with E-state index in [1.165, 1.54) is 6.07 Å². The third-order valence-corrected chi connectivity index (χ3v) is 6.08. The maximum atomic E-state index is 15.0. The topological polar surface area (TPSA) is 42.2 Å². The number of halogens is 7. The third-order valence-electron chi connectivity index (χ3n) is 6.08. The molecule has 0 aromatic heterocycles. The summed E-state index contributed by atoms with van der Waals surface area (Å²) in [5.74, 6) is -4.78. The molecule has 0 amide bonds. The fourth-order valence-electron chi connectivity index (χ4n) is 4.34.